The van der Waals surface area contributed by atoms with Crippen molar-refractivity contribution in [2.24, 2.45) is 0 Å². The average Bonchev–Trinajstić information content (AvgIpc) is 2.63. The lowest BCUT2D eigenvalue weighted by molar-refractivity contribution is 0.0601. The van der Waals surface area contributed by atoms with Gasteiger partial charge >= 0.3 is 5.97 Å². The van der Waals surface area contributed by atoms with Gasteiger partial charge in [0.2, 0.25) is 5.95 Å². The number of methoxy groups -OCH3 is 1. The van der Waals surface area contributed by atoms with Crippen LogP contribution in [0.3, 0.4) is 0 Å². The molecule has 3 rings (SSSR count). The van der Waals surface area contributed by atoms with Gasteiger partial charge in [-0.1, -0.05) is 17.7 Å². The van der Waals surface area contributed by atoms with Gasteiger partial charge in [-0.05, 0) is 42.5 Å². The SMILES string of the molecule is COC(=O)c1cccc(Nc2nncc(Nc3ccc(Cl)cc3)n2)c1. The Balaban J connectivity index is 1.75. The van der Waals surface area contributed by atoms with Gasteiger partial charge in [-0.25, -0.2) is 4.79 Å². The first-order valence-corrected chi connectivity index (χ1v) is 7.69. The van der Waals surface area contributed by atoms with E-state index in [2.05, 4.69) is 25.8 Å². The Hall–Kier alpha value is -3.19. The summed E-state index contributed by atoms with van der Waals surface area (Å²) in [5.74, 6) is 0.394. The summed E-state index contributed by atoms with van der Waals surface area (Å²) < 4.78 is 4.71. The fraction of sp³-hybridized carbons (Fsp3) is 0.0588. The second-order valence-electron chi connectivity index (χ2n) is 4.99. The van der Waals surface area contributed by atoms with Crippen LogP contribution >= 0.6 is 11.6 Å². The molecule has 2 N–H and O–H groups in total. The molecule has 3 aromatic rings. The molecule has 7 nitrogen and oxygen atoms in total. The molecule has 0 atom stereocenters. The van der Waals surface area contributed by atoms with Crippen molar-refractivity contribution in [3.05, 3.63) is 65.3 Å². The largest absolute Gasteiger partial charge is 0.465 e. The summed E-state index contributed by atoms with van der Waals surface area (Å²) >= 11 is 5.87. The van der Waals surface area contributed by atoms with Crippen molar-refractivity contribution >= 4 is 40.7 Å². The number of carbonyl (C=O) groups is 1. The number of nitrogens with one attached hydrogen (secondary N) is 2. The Morgan fingerprint density at radius 2 is 1.88 bits per heavy atom. The summed E-state index contributed by atoms with van der Waals surface area (Å²) in [6.45, 7) is 0. The highest BCUT2D eigenvalue weighted by atomic mass is 35.5. The van der Waals surface area contributed by atoms with Crippen LogP contribution in [0.5, 0.6) is 0 Å². The molecule has 0 unspecified atom stereocenters. The van der Waals surface area contributed by atoms with E-state index in [0.717, 1.165) is 5.69 Å². The smallest absolute Gasteiger partial charge is 0.337 e. The van der Waals surface area contributed by atoms with E-state index in [9.17, 15) is 4.79 Å². The van der Waals surface area contributed by atoms with Gasteiger partial charge in [0.15, 0.2) is 5.82 Å². The second-order valence-corrected chi connectivity index (χ2v) is 5.43. The van der Waals surface area contributed by atoms with Gasteiger partial charge in [0.25, 0.3) is 0 Å². The fourth-order valence-corrected chi connectivity index (χ4v) is 2.19. The molecule has 25 heavy (non-hydrogen) atoms. The minimum atomic E-state index is -0.416. The number of hydrogen-bond acceptors (Lipinski definition) is 7. The van der Waals surface area contributed by atoms with Crippen LogP contribution in [0, 0.1) is 0 Å². The van der Waals surface area contributed by atoms with E-state index in [1.54, 1.807) is 36.4 Å². The van der Waals surface area contributed by atoms with Gasteiger partial charge in [-0.2, -0.15) is 10.1 Å². The fourth-order valence-electron chi connectivity index (χ4n) is 2.07. The van der Waals surface area contributed by atoms with E-state index < -0.39 is 5.97 Å². The predicted molar refractivity (Wildman–Crippen MR) is 95.6 cm³/mol. The Morgan fingerprint density at radius 1 is 1.08 bits per heavy atom. The van der Waals surface area contributed by atoms with E-state index in [0.29, 0.717) is 28.0 Å². The first-order valence-electron chi connectivity index (χ1n) is 7.32. The molecule has 0 radical (unpaired) electrons. The van der Waals surface area contributed by atoms with Crippen molar-refractivity contribution < 1.29 is 9.53 Å². The van der Waals surface area contributed by atoms with Crippen molar-refractivity contribution in [1.29, 1.82) is 0 Å². The quantitative estimate of drug-likeness (QED) is 0.673. The summed E-state index contributed by atoms with van der Waals surface area (Å²) in [6, 6.07) is 14.0. The van der Waals surface area contributed by atoms with Crippen LogP contribution in [0.4, 0.5) is 23.1 Å². The molecule has 0 spiro atoms. The van der Waals surface area contributed by atoms with Gasteiger partial charge in [0, 0.05) is 16.4 Å². The highest BCUT2D eigenvalue weighted by Crippen LogP contribution is 2.19. The van der Waals surface area contributed by atoms with Crippen LogP contribution in [-0.4, -0.2) is 28.3 Å². The maximum Gasteiger partial charge on any atom is 0.337 e. The number of aromatic nitrogens is 3. The minimum Gasteiger partial charge on any atom is -0.465 e. The molecule has 2 aromatic carbocycles. The van der Waals surface area contributed by atoms with Crippen molar-refractivity contribution in [3.63, 3.8) is 0 Å². The normalized spacial score (nSPS) is 10.2. The molecule has 0 saturated carbocycles. The van der Waals surface area contributed by atoms with Crippen LogP contribution in [-0.2, 0) is 4.74 Å². The molecule has 0 bridgehead atoms. The molecule has 0 aliphatic heterocycles. The first-order chi connectivity index (χ1) is 12.1. The number of ether oxygens (including phenoxy) is 1. The predicted octanol–water partition coefficient (Wildman–Crippen LogP) is 3.80. The van der Waals surface area contributed by atoms with Crippen molar-refractivity contribution in [1.82, 2.24) is 15.2 Å². The standard InChI is InChI=1S/C17H14ClN5O2/c1-25-16(24)11-3-2-4-14(9-11)21-17-22-15(10-19-23-17)20-13-7-5-12(18)6-8-13/h2-10H,1H3,(H2,20,21,22,23). The number of halogens is 1. The number of hydrogen-bond donors (Lipinski definition) is 2. The lowest BCUT2D eigenvalue weighted by atomic mass is 10.2. The first kappa shape index (κ1) is 16.7. The van der Waals surface area contributed by atoms with E-state index in [1.807, 2.05) is 12.1 Å². The molecule has 1 aromatic heterocycles. The third-order valence-corrected chi connectivity index (χ3v) is 3.47. The van der Waals surface area contributed by atoms with Crippen LogP contribution in [0.2, 0.25) is 5.02 Å². The molecule has 8 heteroatoms. The third-order valence-electron chi connectivity index (χ3n) is 3.22. The lowest BCUT2D eigenvalue weighted by Gasteiger charge is -2.08. The zero-order valence-corrected chi connectivity index (χ0v) is 14.0. The van der Waals surface area contributed by atoms with E-state index in [4.69, 9.17) is 16.3 Å². The van der Waals surface area contributed by atoms with Gasteiger partial charge in [0.05, 0.1) is 18.9 Å². The number of benzene rings is 2. The summed E-state index contributed by atoms with van der Waals surface area (Å²) in [5, 5.41) is 14.6. The molecule has 0 saturated heterocycles. The zero-order valence-electron chi connectivity index (χ0n) is 13.2. The van der Waals surface area contributed by atoms with Gasteiger partial charge in [-0.15, -0.1) is 5.10 Å². The summed E-state index contributed by atoms with van der Waals surface area (Å²) in [5.41, 5.74) is 1.90. The number of nitrogens with zero attached hydrogens (tertiary/aromatic N) is 3. The van der Waals surface area contributed by atoms with Crippen LogP contribution in [0.15, 0.2) is 54.7 Å². The number of esters is 1. The topological polar surface area (TPSA) is 89.0 Å². The zero-order chi connectivity index (χ0) is 17.6. The molecule has 0 fully saturated rings. The molecular formula is C17H14ClN5O2. The number of rotatable bonds is 5. The third kappa shape index (κ3) is 4.42. The summed E-state index contributed by atoms with van der Waals surface area (Å²) in [6.07, 6.45) is 1.50. The lowest BCUT2D eigenvalue weighted by Crippen LogP contribution is -2.04. The molecular weight excluding hydrogens is 342 g/mol. The maximum atomic E-state index is 11.6. The van der Waals surface area contributed by atoms with Crippen molar-refractivity contribution in [2.75, 3.05) is 17.7 Å². The van der Waals surface area contributed by atoms with Crippen LogP contribution in [0.25, 0.3) is 0 Å². The monoisotopic (exact) mass is 355 g/mol. The Kier molecular flexibility index (Phi) is 5.06. The molecule has 126 valence electrons. The van der Waals surface area contributed by atoms with Gasteiger partial charge in [0.1, 0.15) is 0 Å². The Labute approximate surface area is 149 Å². The second kappa shape index (κ2) is 7.59. The Morgan fingerprint density at radius 3 is 2.64 bits per heavy atom. The highest BCUT2D eigenvalue weighted by Gasteiger charge is 2.07. The molecule has 0 aliphatic carbocycles. The van der Waals surface area contributed by atoms with Crippen LogP contribution < -0.4 is 10.6 Å². The average molecular weight is 356 g/mol. The van der Waals surface area contributed by atoms with E-state index >= 15 is 0 Å². The number of anilines is 4. The molecule has 1 heterocycles. The van der Waals surface area contributed by atoms with Crippen molar-refractivity contribution in [3.8, 4) is 0 Å². The van der Waals surface area contributed by atoms with Crippen molar-refractivity contribution in [2.45, 2.75) is 0 Å². The molecule has 0 aliphatic rings. The minimum absolute atomic E-state index is 0.293. The summed E-state index contributed by atoms with van der Waals surface area (Å²) in [4.78, 5) is 15.9. The van der Waals surface area contributed by atoms with Gasteiger partial charge < -0.3 is 15.4 Å². The van der Waals surface area contributed by atoms with Crippen LogP contribution in [0.1, 0.15) is 10.4 Å². The van der Waals surface area contributed by atoms with Gasteiger partial charge in [-0.3, -0.25) is 0 Å². The van der Waals surface area contributed by atoms with E-state index in [1.165, 1.54) is 13.3 Å². The maximum absolute atomic E-state index is 11.6. The number of carbonyl (C=O) groups excluding carboxylic acids is 1. The summed E-state index contributed by atoms with van der Waals surface area (Å²) in [7, 11) is 1.33. The highest BCUT2D eigenvalue weighted by molar-refractivity contribution is 6.30. The Bertz CT molecular complexity index is 886. The van der Waals surface area contributed by atoms with E-state index in [-0.39, 0.29) is 0 Å². The molecule has 0 amide bonds.